The molecule has 1 aliphatic rings. The first kappa shape index (κ1) is 25.7. The maximum atomic E-state index is 14.0. The molecule has 190 valence electrons. The maximum absolute atomic E-state index is 14.0. The Morgan fingerprint density at radius 1 is 1.11 bits per heavy atom. The number of aromatic nitrogens is 1. The fourth-order valence-electron chi connectivity index (χ4n) is 4.13. The summed E-state index contributed by atoms with van der Waals surface area (Å²) in [6.07, 6.45) is 3.37. The number of hydrogen-bond donors (Lipinski definition) is 1. The number of carbonyl (C=O) groups is 1. The molecule has 0 atom stereocenters. The number of halogens is 2. The van der Waals surface area contributed by atoms with Gasteiger partial charge in [-0.05, 0) is 56.5 Å². The summed E-state index contributed by atoms with van der Waals surface area (Å²) in [5.41, 5.74) is 2.39. The predicted octanol–water partition coefficient (Wildman–Crippen LogP) is 4.46. The molecule has 1 N–H and O–H groups in total. The van der Waals surface area contributed by atoms with Crippen molar-refractivity contribution in [3.05, 3.63) is 82.2 Å². The van der Waals surface area contributed by atoms with E-state index < -0.39 is 21.7 Å². The Bertz CT molecular complexity index is 1380. The van der Waals surface area contributed by atoms with Crippen molar-refractivity contribution in [1.29, 1.82) is 0 Å². The van der Waals surface area contributed by atoms with Gasteiger partial charge in [0.2, 0.25) is 15.9 Å². The van der Waals surface area contributed by atoms with Gasteiger partial charge in [-0.15, -0.1) is 0 Å². The fourth-order valence-corrected chi connectivity index (χ4v) is 5.85. The molecule has 36 heavy (non-hydrogen) atoms. The van der Waals surface area contributed by atoms with Crippen molar-refractivity contribution in [3.63, 3.8) is 0 Å². The first-order valence-corrected chi connectivity index (χ1v) is 13.0. The van der Waals surface area contributed by atoms with Gasteiger partial charge in [-0.3, -0.25) is 4.79 Å². The lowest BCUT2D eigenvalue weighted by Gasteiger charge is -2.30. The average molecular weight is 516 g/mol. The van der Waals surface area contributed by atoms with E-state index in [0.29, 0.717) is 19.4 Å². The highest BCUT2D eigenvalue weighted by atomic mass is 32.2. The second kappa shape index (κ2) is 10.7. The molecule has 0 aliphatic carbocycles. The van der Waals surface area contributed by atoms with E-state index in [1.54, 1.807) is 0 Å². The number of nitrogens with one attached hydrogen (secondary N) is 1. The zero-order valence-corrected chi connectivity index (χ0v) is 20.8. The Morgan fingerprint density at radius 2 is 1.81 bits per heavy atom. The molecule has 1 amide bonds. The molecule has 0 radical (unpaired) electrons. The van der Waals surface area contributed by atoms with Crippen LogP contribution in [-0.2, 0) is 21.4 Å². The number of hydrogen-bond acceptors (Lipinski definition) is 5. The highest BCUT2D eigenvalue weighted by Gasteiger charge is 2.35. The van der Waals surface area contributed by atoms with E-state index in [2.05, 4.69) is 10.5 Å². The predicted molar refractivity (Wildman–Crippen MR) is 131 cm³/mol. The Labute approximate surface area is 208 Å². The van der Waals surface area contributed by atoms with Gasteiger partial charge >= 0.3 is 0 Å². The SMILES string of the molecule is Cc1ccc(CNC(=O)C2CCN(S(=O)(=O)c3c(C)noc3C=Cc3ccc(F)cc3F)CC2)cc1. The number of carbonyl (C=O) groups excluding carboxylic acids is 1. The molecule has 0 spiro atoms. The normalized spacial score (nSPS) is 15.4. The third-order valence-corrected chi connectivity index (χ3v) is 8.28. The van der Waals surface area contributed by atoms with E-state index in [1.165, 1.54) is 29.4 Å². The molecule has 0 saturated carbocycles. The Hall–Kier alpha value is -3.37. The van der Waals surface area contributed by atoms with Crippen LogP contribution in [0.25, 0.3) is 12.2 Å². The van der Waals surface area contributed by atoms with Crippen LogP contribution in [-0.4, -0.2) is 36.9 Å². The van der Waals surface area contributed by atoms with Crippen LogP contribution >= 0.6 is 0 Å². The van der Waals surface area contributed by atoms with E-state index in [-0.39, 0.29) is 46.8 Å². The van der Waals surface area contributed by atoms with Gasteiger partial charge in [0.1, 0.15) is 17.3 Å². The van der Waals surface area contributed by atoms with Crippen molar-refractivity contribution in [2.75, 3.05) is 13.1 Å². The van der Waals surface area contributed by atoms with E-state index in [1.807, 2.05) is 31.2 Å². The number of amides is 1. The third-order valence-electron chi connectivity index (χ3n) is 6.22. The molecule has 10 heteroatoms. The van der Waals surface area contributed by atoms with Crippen LogP contribution in [0.15, 0.2) is 51.9 Å². The van der Waals surface area contributed by atoms with Crippen LogP contribution in [0.4, 0.5) is 8.78 Å². The molecular formula is C26H27F2N3O4S. The summed E-state index contributed by atoms with van der Waals surface area (Å²) in [5.74, 6) is -1.93. The van der Waals surface area contributed by atoms with Crippen molar-refractivity contribution >= 4 is 28.1 Å². The van der Waals surface area contributed by atoms with Gasteiger partial charge in [-0.1, -0.05) is 35.0 Å². The molecule has 1 aliphatic heterocycles. The summed E-state index contributed by atoms with van der Waals surface area (Å²) >= 11 is 0. The molecule has 0 bridgehead atoms. The number of benzene rings is 2. The quantitative estimate of drug-likeness (QED) is 0.502. The number of sulfonamides is 1. The Kier molecular flexibility index (Phi) is 7.65. The van der Waals surface area contributed by atoms with Gasteiger partial charge in [0.25, 0.3) is 0 Å². The lowest BCUT2D eigenvalue weighted by Crippen LogP contribution is -2.43. The maximum Gasteiger partial charge on any atom is 0.248 e. The van der Waals surface area contributed by atoms with E-state index >= 15 is 0 Å². The highest BCUT2D eigenvalue weighted by Crippen LogP contribution is 2.29. The lowest BCUT2D eigenvalue weighted by molar-refractivity contribution is -0.126. The molecule has 7 nitrogen and oxygen atoms in total. The number of nitrogens with zero attached hydrogens (tertiary/aromatic N) is 2. The molecule has 2 aromatic carbocycles. The van der Waals surface area contributed by atoms with Crippen molar-refractivity contribution in [3.8, 4) is 0 Å². The lowest BCUT2D eigenvalue weighted by atomic mass is 9.97. The topological polar surface area (TPSA) is 92.5 Å². The molecule has 3 aromatic rings. The van der Waals surface area contributed by atoms with E-state index in [9.17, 15) is 22.0 Å². The smallest absolute Gasteiger partial charge is 0.248 e. The summed E-state index contributed by atoms with van der Waals surface area (Å²) in [6, 6.07) is 11.0. The van der Waals surface area contributed by atoms with Crippen molar-refractivity contribution < 1.29 is 26.5 Å². The van der Waals surface area contributed by atoms with Gasteiger partial charge in [0.15, 0.2) is 10.7 Å². The van der Waals surface area contributed by atoms with Crippen LogP contribution < -0.4 is 5.32 Å². The Balaban J connectivity index is 1.41. The van der Waals surface area contributed by atoms with Gasteiger partial charge < -0.3 is 9.84 Å². The molecular weight excluding hydrogens is 488 g/mol. The summed E-state index contributed by atoms with van der Waals surface area (Å²) in [4.78, 5) is 12.5. The minimum atomic E-state index is -3.97. The van der Waals surface area contributed by atoms with E-state index in [4.69, 9.17) is 4.52 Å². The zero-order valence-electron chi connectivity index (χ0n) is 20.0. The minimum absolute atomic E-state index is 0.0470. The summed E-state index contributed by atoms with van der Waals surface area (Å²) in [7, 11) is -3.97. The summed E-state index contributed by atoms with van der Waals surface area (Å²) in [6.45, 7) is 4.27. The largest absolute Gasteiger partial charge is 0.355 e. The Morgan fingerprint density at radius 3 is 2.47 bits per heavy atom. The number of piperidine rings is 1. The summed E-state index contributed by atoms with van der Waals surface area (Å²) < 4.78 is 60.4. The van der Waals surface area contributed by atoms with Crippen LogP contribution in [0.1, 0.15) is 41.0 Å². The molecule has 4 rings (SSSR count). The van der Waals surface area contributed by atoms with Crippen LogP contribution in [0.5, 0.6) is 0 Å². The minimum Gasteiger partial charge on any atom is -0.355 e. The monoisotopic (exact) mass is 515 g/mol. The van der Waals surface area contributed by atoms with Crippen LogP contribution in [0, 0.1) is 31.4 Å². The first-order valence-electron chi connectivity index (χ1n) is 11.6. The second-order valence-electron chi connectivity index (χ2n) is 8.84. The van der Waals surface area contributed by atoms with Gasteiger partial charge in [0, 0.05) is 37.2 Å². The number of aryl methyl sites for hydroxylation is 2. The van der Waals surface area contributed by atoms with Crippen molar-refractivity contribution in [2.45, 2.75) is 38.1 Å². The molecule has 1 aromatic heterocycles. The van der Waals surface area contributed by atoms with Crippen LogP contribution in [0.2, 0.25) is 0 Å². The zero-order chi connectivity index (χ0) is 25.9. The molecule has 1 fully saturated rings. The average Bonchev–Trinajstić information content (AvgIpc) is 3.24. The molecule has 0 unspecified atom stereocenters. The van der Waals surface area contributed by atoms with Gasteiger partial charge in [-0.2, -0.15) is 4.31 Å². The van der Waals surface area contributed by atoms with Crippen LogP contribution in [0.3, 0.4) is 0 Å². The van der Waals surface area contributed by atoms with Crippen molar-refractivity contribution in [2.24, 2.45) is 5.92 Å². The standard InChI is InChI=1S/C26H27F2N3O4S/c1-17-3-5-19(6-4-17)16-29-26(32)21-11-13-31(14-12-21)36(33,34)25-18(2)30-35-24(25)10-8-20-7-9-22(27)15-23(20)28/h3-10,15,21H,11-14,16H2,1-2H3,(H,29,32). The number of rotatable bonds is 7. The summed E-state index contributed by atoms with van der Waals surface area (Å²) in [5, 5.41) is 6.71. The van der Waals surface area contributed by atoms with Gasteiger partial charge in [0.05, 0.1) is 0 Å². The van der Waals surface area contributed by atoms with Crippen molar-refractivity contribution in [1.82, 2.24) is 14.8 Å². The van der Waals surface area contributed by atoms with E-state index in [0.717, 1.165) is 23.3 Å². The third kappa shape index (κ3) is 5.71. The molecule has 2 heterocycles. The second-order valence-corrected chi connectivity index (χ2v) is 10.7. The molecule has 1 saturated heterocycles. The van der Waals surface area contributed by atoms with Gasteiger partial charge in [-0.25, -0.2) is 17.2 Å². The fraction of sp³-hybridized carbons (Fsp3) is 0.308. The highest BCUT2D eigenvalue weighted by molar-refractivity contribution is 7.89. The first-order chi connectivity index (χ1) is 17.1.